The van der Waals surface area contributed by atoms with E-state index in [2.05, 4.69) is 46.3 Å². The molecule has 1 amide bonds. The van der Waals surface area contributed by atoms with Gasteiger partial charge >= 0.3 is 0 Å². The predicted molar refractivity (Wildman–Crippen MR) is 112 cm³/mol. The van der Waals surface area contributed by atoms with Gasteiger partial charge in [-0.05, 0) is 75.0 Å². The summed E-state index contributed by atoms with van der Waals surface area (Å²) in [6.07, 6.45) is 5.02. The number of nitrogens with zero attached hydrogens (tertiary/aromatic N) is 2. The summed E-state index contributed by atoms with van der Waals surface area (Å²) in [5.41, 5.74) is 5.30. The second-order valence-electron chi connectivity index (χ2n) is 7.79. The van der Waals surface area contributed by atoms with Gasteiger partial charge in [0.05, 0.1) is 0 Å². The Morgan fingerprint density at radius 3 is 2.44 bits per heavy atom. The number of likely N-dealkylation sites (tertiary alicyclic amines) is 1. The van der Waals surface area contributed by atoms with Crippen LogP contribution in [0.2, 0.25) is 0 Å². The molecule has 2 aromatic rings. The van der Waals surface area contributed by atoms with Gasteiger partial charge in [-0.1, -0.05) is 24.3 Å². The molecule has 0 atom stereocenters. The number of carbonyl (C=O) groups is 1. The van der Waals surface area contributed by atoms with Crippen LogP contribution < -0.4 is 10.2 Å². The number of rotatable bonds is 5. The highest BCUT2D eigenvalue weighted by Gasteiger charge is 2.18. The summed E-state index contributed by atoms with van der Waals surface area (Å²) in [5, 5.41) is 3.15. The molecule has 1 N–H and O–H groups in total. The van der Waals surface area contributed by atoms with Crippen LogP contribution in [0, 0.1) is 6.92 Å². The zero-order valence-corrected chi connectivity index (χ0v) is 16.2. The lowest BCUT2D eigenvalue weighted by Crippen LogP contribution is -2.21. The first-order valence-electron chi connectivity index (χ1n) is 10.2. The number of hydrogen-bond acceptors (Lipinski definition) is 3. The molecule has 27 heavy (non-hydrogen) atoms. The van der Waals surface area contributed by atoms with E-state index < -0.39 is 0 Å². The fraction of sp³-hybridized carbons (Fsp3) is 0.435. The van der Waals surface area contributed by atoms with E-state index in [1.165, 1.54) is 42.5 Å². The van der Waals surface area contributed by atoms with E-state index in [0.717, 1.165) is 44.0 Å². The van der Waals surface area contributed by atoms with E-state index in [-0.39, 0.29) is 5.91 Å². The summed E-state index contributed by atoms with van der Waals surface area (Å²) in [6.45, 7) is 7.51. The molecule has 4 nitrogen and oxygen atoms in total. The molecule has 2 heterocycles. The number of para-hydroxylation sites is 1. The van der Waals surface area contributed by atoms with Gasteiger partial charge < -0.3 is 10.2 Å². The van der Waals surface area contributed by atoms with Crippen LogP contribution in [0.4, 0.5) is 11.4 Å². The Labute approximate surface area is 162 Å². The van der Waals surface area contributed by atoms with Crippen molar-refractivity contribution in [3.63, 3.8) is 0 Å². The second-order valence-corrected chi connectivity index (χ2v) is 7.79. The van der Waals surface area contributed by atoms with Crippen molar-refractivity contribution in [1.82, 2.24) is 4.90 Å². The third kappa shape index (κ3) is 4.16. The molecule has 0 spiro atoms. The summed E-state index contributed by atoms with van der Waals surface area (Å²) in [5.74, 6) is -0.0238. The molecule has 4 heteroatoms. The predicted octanol–water partition coefficient (Wildman–Crippen LogP) is 4.44. The van der Waals surface area contributed by atoms with Crippen molar-refractivity contribution in [2.45, 2.75) is 39.2 Å². The molecule has 2 aromatic carbocycles. The van der Waals surface area contributed by atoms with Crippen LogP contribution in [-0.2, 0) is 6.54 Å². The van der Waals surface area contributed by atoms with Crippen LogP contribution >= 0.6 is 0 Å². The average molecular weight is 364 g/mol. The zero-order chi connectivity index (χ0) is 18.6. The number of anilines is 2. The van der Waals surface area contributed by atoms with E-state index in [0.29, 0.717) is 0 Å². The first-order valence-corrected chi connectivity index (χ1v) is 10.2. The van der Waals surface area contributed by atoms with Crippen LogP contribution in [0.5, 0.6) is 0 Å². The SMILES string of the molecule is Cc1ccc(C(=O)Nc2ccccc2CN2CCCC2)cc1N1CCCC1. The maximum absolute atomic E-state index is 12.9. The van der Waals surface area contributed by atoms with Gasteiger partial charge in [-0.3, -0.25) is 9.69 Å². The average Bonchev–Trinajstić information content (AvgIpc) is 3.37. The fourth-order valence-electron chi connectivity index (χ4n) is 4.21. The molecule has 0 bridgehead atoms. The standard InChI is InChI=1S/C23H29N3O/c1-18-10-11-19(16-22(18)26-14-6-7-15-26)23(27)24-21-9-3-2-8-20(21)17-25-12-4-5-13-25/h2-3,8-11,16H,4-7,12-15,17H2,1H3,(H,24,27). The quantitative estimate of drug-likeness (QED) is 0.853. The van der Waals surface area contributed by atoms with E-state index in [4.69, 9.17) is 0 Å². The normalized spacial score (nSPS) is 17.4. The smallest absolute Gasteiger partial charge is 0.255 e. The van der Waals surface area contributed by atoms with Gasteiger partial charge in [0, 0.05) is 36.6 Å². The van der Waals surface area contributed by atoms with Crippen LogP contribution in [0.3, 0.4) is 0 Å². The van der Waals surface area contributed by atoms with Gasteiger partial charge in [0.25, 0.3) is 5.91 Å². The largest absolute Gasteiger partial charge is 0.371 e. The first-order chi connectivity index (χ1) is 13.2. The Hall–Kier alpha value is -2.33. The summed E-state index contributed by atoms with van der Waals surface area (Å²) in [4.78, 5) is 17.8. The van der Waals surface area contributed by atoms with Gasteiger partial charge in [-0.15, -0.1) is 0 Å². The van der Waals surface area contributed by atoms with Crippen molar-refractivity contribution in [2.75, 3.05) is 36.4 Å². The molecule has 0 unspecified atom stereocenters. The van der Waals surface area contributed by atoms with Gasteiger partial charge in [0.1, 0.15) is 0 Å². The lowest BCUT2D eigenvalue weighted by Gasteiger charge is -2.21. The highest BCUT2D eigenvalue weighted by molar-refractivity contribution is 6.05. The van der Waals surface area contributed by atoms with Gasteiger partial charge in [-0.25, -0.2) is 0 Å². The molecular weight excluding hydrogens is 334 g/mol. The number of benzene rings is 2. The zero-order valence-electron chi connectivity index (χ0n) is 16.2. The minimum Gasteiger partial charge on any atom is -0.371 e. The van der Waals surface area contributed by atoms with Crippen LogP contribution in [0.15, 0.2) is 42.5 Å². The maximum Gasteiger partial charge on any atom is 0.255 e. The molecule has 2 fully saturated rings. The van der Waals surface area contributed by atoms with Gasteiger partial charge in [0.15, 0.2) is 0 Å². The lowest BCUT2D eigenvalue weighted by molar-refractivity contribution is 0.102. The Kier molecular flexibility index (Phi) is 5.44. The maximum atomic E-state index is 12.9. The van der Waals surface area contributed by atoms with Crippen molar-refractivity contribution >= 4 is 17.3 Å². The summed E-state index contributed by atoms with van der Waals surface area (Å²) in [6, 6.07) is 14.2. The van der Waals surface area contributed by atoms with Crippen LogP contribution in [0.25, 0.3) is 0 Å². The minimum atomic E-state index is -0.0238. The van der Waals surface area contributed by atoms with Crippen molar-refractivity contribution in [2.24, 2.45) is 0 Å². The van der Waals surface area contributed by atoms with Crippen LogP contribution in [0.1, 0.15) is 47.2 Å². The molecule has 2 aliphatic heterocycles. The molecular formula is C23H29N3O. The number of hydrogen-bond donors (Lipinski definition) is 1. The number of amides is 1. The molecule has 142 valence electrons. The van der Waals surface area contributed by atoms with Crippen molar-refractivity contribution in [1.29, 1.82) is 0 Å². The topological polar surface area (TPSA) is 35.6 Å². The van der Waals surface area contributed by atoms with Crippen molar-refractivity contribution in [3.8, 4) is 0 Å². The fourth-order valence-corrected chi connectivity index (χ4v) is 4.21. The number of nitrogens with one attached hydrogen (secondary N) is 1. The third-order valence-electron chi connectivity index (χ3n) is 5.78. The van der Waals surface area contributed by atoms with E-state index in [9.17, 15) is 4.79 Å². The molecule has 0 aromatic heterocycles. The Morgan fingerprint density at radius 1 is 0.963 bits per heavy atom. The van der Waals surface area contributed by atoms with Crippen molar-refractivity contribution in [3.05, 3.63) is 59.2 Å². The van der Waals surface area contributed by atoms with Crippen molar-refractivity contribution < 1.29 is 4.79 Å². The van der Waals surface area contributed by atoms with E-state index in [1.807, 2.05) is 18.2 Å². The molecule has 0 radical (unpaired) electrons. The minimum absolute atomic E-state index is 0.0238. The van der Waals surface area contributed by atoms with Gasteiger partial charge in [-0.2, -0.15) is 0 Å². The monoisotopic (exact) mass is 363 g/mol. The lowest BCUT2D eigenvalue weighted by atomic mass is 10.1. The number of aryl methyl sites for hydroxylation is 1. The molecule has 2 saturated heterocycles. The highest BCUT2D eigenvalue weighted by Crippen LogP contribution is 2.26. The van der Waals surface area contributed by atoms with Crippen LogP contribution in [-0.4, -0.2) is 37.0 Å². The third-order valence-corrected chi connectivity index (χ3v) is 5.78. The summed E-state index contributed by atoms with van der Waals surface area (Å²) < 4.78 is 0. The summed E-state index contributed by atoms with van der Waals surface area (Å²) >= 11 is 0. The van der Waals surface area contributed by atoms with E-state index in [1.54, 1.807) is 0 Å². The molecule has 0 saturated carbocycles. The van der Waals surface area contributed by atoms with Gasteiger partial charge in [0.2, 0.25) is 0 Å². The summed E-state index contributed by atoms with van der Waals surface area (Å²) in [7, 11) is 0. The van der Waals surface area contributed by atoms with E-state index >= 15 is 0 Å². The highest BCUT2D eigenvalue weighted by atomic mass is 16.1. The Balaban J connectivity index is 1.51. The Morgan fingerprint density at radius 2 is 1.67 bits per heavy atom. The Bertz CT molecular complexity index is 805. The first kappa shape index (κ1) is 18.1. The second kappa shape index (κ2) is 8.13. The molecule has 0 aliphatic carbocycles. The number of carbonyl (C=O) groups excluding carboxylic acids is 1. The molecule has 4 rings (SSSR count). The molecule has 2 aliphatic rings.